The lowest BCUT2D eigenvalue weighted by atomic mass is 9.84. The molecule has 2 aliphatic heterocycles. The van der Waals surface area contributed by atoms with Gasteiger partial charge < -0.3 is 54.8 Å². The fourth-order valence-electron chi connectivity index (χ4n) is 11.0. The van der Waals surface area contributed by atoms with Crippen molar-refractivity contribution in [1.82, 2.24) is 35.5 Å². The van der Waals surface area contributed by atoms with E-state index in [2.05, 4.69) is 36.1 Å². The van der Waals surface area contributed by atoms with Crippen LogP contribution >= 0.6 is 23.2 Å². The number of nitrogens with zero attached hydrogens (tertiary/aromatic N) is 5. The van der Waals surface area contributed by atoms with Crippen LogP contribution in [0.5, 0.6) is 0 Å². The fraction of sp³-hybridized carbons (Fsp3) is 0.450. The van der Waals surface area contributed by atoms with Gasteiger partial charge in [-0.3, -0.25) is 19.7 Å². The third kappa shape index (κ3) is 14.8. The monoisotopic (exact) mass is 1150 g/mol. The van der Waals surface area contributed by atoms with E-state index >= 15 is 0 Å². The van der Waals surface area contributed by atoms with Crippen LogP contribution in [0.4, 0.5) is 22.1 Å². The number of hydrogen-bond donors (Lipinski definition) is 6. The summed E-state index contributed by atoms with van der Waals surface area (Å²) in [7, 11) is 0. The molecule has 0 unspecified atom stereocenters. The summed E-state index contributed by atoms with van der Waals surface area (Å²) in [5, 5.41) is 23.4. The fourth-order valence-corrected chi connectivity index (χ4v) is 11.4. The minimum atomic E-state index is -0.600. The maximum absolute atomic E-state index is 13.9. The molecular formula is C60H72Cl2N10O9. The Morgan fingerprint density at radius 3 is 2.22 bits per heavy atom. The Kier molecular flexibility index (Phi) is 19.5. The van der Waals surface area contributed by atoms with Gasteiger partial charge in [0.05, 0.1) is 66.9 Å². The lowest BCUT2D eigenvalue weighted by Gasteiger charge is -2.35. The molecule has 0 radical (unpaired) electrons. The number of benzene rings is 3. The molecule has 5 heterocycles. The summed E-state index contributed by atoms with van der Waals surface area (Å²) in [6.45, 7) is 12.7. The van der Waals surface area contributed by atoms with Crippen molar-refractivity contribution in [2.75, 3.05) is 81.4 Å². The van der Waals surface area contributed by atoms with E-state index in [4.69, 9.17) is 52.1 Å². The topological polar surface area (TPSA) is 234 Å². The molecule has 19 nitrogen and oxygen atoms in total. The number of aromatic amines is 1. The molecule has 21 heteroatoms. The number of aromatic nitrogens is 4. The lowest BCUT2D eigenvalue weighted by Crippen LogP contribution is -2.48. The number of fused-ring (bicyclic) bond motifs is 4. The SMILES string of the molecule is Cc1nc([C@H](C)NC(=O)c2ccc(-c3ccc(NC(=O)OC(C)(C)C)cc3)cc2)cc(N2[C@H](C(=O)NCCOCCOCCOCCNc3ccc(-c4cc(Cl)c(Cl)c5[nH]c6c(c45)CN(C(=O)CO)CC6)cn3)C[C@@H]3CCCC[C@@H]32)n1. The van der Waals surface area contributed by atoms with E-state index in [0.29, 0.717) is 128 Å². The molecule has 4 atom stereocenters. The van der Waals surface area contributed by atoms with Gasteiger partial charge in [0.1, 0.15) is 35.7 Å². The molecule has 9 rings (SSSR count). The highest BCUT2D eigenvalue weighted by Crippen LogP contribution is 2.44. The number of aliphatic hydroxyl groups is 1. The number of anilines is 3. The van der Waals surface area contributed by atoms with Crippen LogP contribution in [0, 0.1) is 12.8 Å². The molecule has 1 saturated carbocycles. The summed E-state index contributed by atoms with van der Waals surface area (Å²) < 4.78 is 22.6. The van der Waals surface area contributed by atoms with E-state index in [1.54, 1.807) is 35.4 Å². The number of amides is 4. The molecule has 3 aliphatic rings. The van der Waals surface area contributed by atoms with Crippen molar-refractivity contribution in [3.05, 3.63) is 117 Å². The van der Waals surface area contributed by atoms with Gasteiger partial charge in [0.25, 0.3) is 5.91 Å². The number of H-pyrrole nitrogens is 1. The predicted molar refractivity (Wildman–Crippen MR) is 313 cm³/mol. The van der Waals surface area contributed by atoms with Gasteiger partial charge in [0, 0.05) is 84.4 Å². The molecule has 81 heavy (non-hydrogen) atoms. The number of carbonyl (C=O) groups is 4. The lowest BCUT2D eigenvalue weighted by molar-refractivity contribution is -0.135. The number of aliphatic hydroxyl groups excluding tert-OH is 1. The van der Waals surface area contributed by atoms with Gasteiger partial charge in [-0.1, -0.05) is 60.3 Å². The van der Waals surface area contributed by atoms with E-state index in [-0.39, 0.29) is 23.8 Å². The Bertz CT molecular complexity index is 3170. The average molecular weight is 1150 g/mol. The maximum Gasteiger partial charge on any atom is 0.412 e. The van der Waals surface area contributed by atoms with Gasteiger partial charge >= 0.3 is 6.09 Å². The van der Waals surface area contributed by atoms with Crippen LogP contribution in [0.3, 0.4) is 0 Å². The Hall–Kier alpha value is -6.87. The normalized spacial score (nSPS) is 17.3. The number of pyridine rings is 1. The molecule has 4 amide bonds. The third-order valence-corrected chi connectivity index (χ3v) is 15.6. The van der Waals surface area contributed by atoms with Gasteiger partial charge in [-0.2, -0.15) is 0 Å². The van der Waals surface area contributed by atoms with Gasteiger partial charge in [-0.05, 0) is 119 Å². The van der Waals surface area contributed by atoms with Crippen molar-refractivity contribution in [1.29, 1.82) is 0 Å². The van der Waals surface area contributed by atoms with Crippen molar-refractivity contribution in [2.45, 2.75) is 103 Å². The molecule has 0 bridgehead atoms. The van der Waals surface area contributed by atoms with Crippen LogP contribution in [-0.2, 0) is 41.5 Å². The first-order valence-electron chi connectivity index (χ1n) is 27.8. The standard InChI is InChI=1S/C60H72Cl2N10O9/c1-36(66-57(75)40-12-10-38(11-13-40)39-14-17-43(18-15-39)69-59(77)81-60(3,4)5)48-32-52(68-37(2)67-48)72-49-9-7-6-8-41(49)30-50(72)58(76)64-22-25-79-27-29-80-28-26-78-24-21-63-51-19-16-42(33-65-51)44-31-46(61)55(62)56-54(44)45-34-71(53(74)35-73)23-20-47(45)70-56/h10-19,31-33,36,41,49-50,70,73H,6-9,20-30,34-35H2,1-5H3,(H,63,65)(H,64,76)(H,66,75)(H,69,77)/t36-,41-,49-,50-/m0/s1. The zero-order valence-corrected chi connectivity index (χ0v) is 48.1. The Labute approximate surface area is 482 Å². The van der Waals surface area contributed by atoms with Crippen molar-refractivity contribution < 1.29 is 43.2 Å². The number of aryl methyl sites for hydroxylation is 1. The van der Waals surface area contributed by atoms with Crippen LogP contribution in [0.15, 0.2) is 79.0 Å². The number of hydrogen-bond acceptors (Lipinski definition) is 14. The Morgan fingerprint density at radius 2 is 1.53 bits per heavy atom. The van der Waals surface area contributed by atoms with Crippen LogP contribution in [0.25, 0.3) is 33.2 Å². The van der Waals surface area contributed by atoms with Crippen molar-refractivity contribution in [2.24, 2.45) is 5.92 Å². The first-order valence-corrected chi connectivity index (χ1v) is 28.6. The van der Waals surface area contributed by atoms with E-state index in [0.717, 1.165) is 71.0 Å². The van der Waals surface area contributed by atoms with Gasteiger partial charge in [-0.15, -0.1) is 0 Å². The van der Waals surface area contributed by atoms with Crippen molar-refractivity contribution >= 4 is 75.2 Å². The van der Waals surface area contributed by atoms with Crippen molar-refractivity contribution in [3.63, 3.8) is 0 Å². The zero-order valence-electron chi connectivity index (χ0n) is 46.5. The second-order valence-corrected chi connectivity index (χ2v) is 22.5. The average Bonchev–Trinajstić information content (AvgIpc) is 4.21. The number of ether oxygens (including phenoxy) is 4. The van der Waals surface area contributed by atoms with Crippen molar-refractivity contribution in [3.8, 4) is 22.3 Å². The third-order valence-electron chi connectivity index (χ3n) is 14.8. The van der Waals surface area contributed by atoms with Crippen LogP contribution in [0.1, 0.15) is 99.0 Å². The second kappa shape index (κ2) is 26.8. The molecule has 3 aromatic heterocycles. The first kappa shape index (κ1) is 58.8. The molecule has 1 saturated heterocycles. The number of nitrogens with one attached hydrogen (secondary N) is 5. The van der Waals surface area contributed by atoms with Gasteiger partial charge in [0.15, 0.2) is 0 Å². The number of rotatable bonds is 22. The smallest absolute Gasteiger partial charge is 0.412 e. The predicted octanol–water partition coefficient (Wildman–Crippen LogP) is 9.43. The Morgan fingerprint density at radius 1 is 0.852 bits per heavy atom. The molecule has 3 aromatic carbocycles. The quantitative estimate of drug-likeness (QED) is 0.0348. The summed E-state index contributed by atoms with van der Waals surface area (Å²) >= 11 is 13.2. The molecule has 1 aliphatic carbocycles. The van der Waals surface area contributed by atoms with Crippen LogP contribution < -0.4 is 26.2 Å². The van der Waals surface area contributed by atoms with Gasteiger partial charge in [0.2, 0.25) is 11.8 Å². The van der Waals surface area contributed by atoms with E-state index in [1.165, 1.54) is 0 Å². The molecule has 430 valence electrons. The molecule has 2 fully saturated rings. The van der Waals surface area contributed by atoms with Crippen LogP contribution in [-0.4, -0.2) is 137 Å². The molecule has 6 aromatic rings. The molecule has 0 spiro atoms. The summed E-state index contributed by atoms with van der Waals surface area (Å²) in [5.41, 5.74) is 7.37. The van der Waals surface area contributed by atoms with E-state index < -0.39 is 30.4 Å². The van der Waals surface area contributed by atoms with Crippen LogP contribution in [0.2, 0.25) is 10.0 Å². The summed E-state index contributed by atoms with van der Waals surface area (Å²) in [5.74, 6) is 1.68. The second-order valence-electron chi connectivity index (χ2n) is 21.7. The highest BCUT2D eigenvalue weighted by atomic mass is 35.5. The minimum absolute atomic E-state index is 0.0626. The summed E-state index contributed by atoms with van der Waals surface area (Å²) in [4.78, 5) is 73.5. The highest BCUT2D eigenvalue weighted by molar-refractivity contribution is 6.45. The van der Waals surface area contributed by atoms with Gasteiger partial charge in [-0.25, -0.2) is 19.7 Å². The van der Waals surface area contributed by atoms with E-state index in [1.807, 2.05) is 83.1 Å². The summed E-state index contributed by atoms with van der Waals surface area (Å²) in [6.07, 6.45) is 6.86. The molecular weight excluding hydrogens is 1080 g/mol. The number of halogens is 2. The summed E-state index contributed by atoms with van der Waals surface area (Å²) in [6, 6.07) is 21.7. The first-order chi connectivity index (χ1) is 39.0. The Balaban J connectivity index is 0.678. The maximum atomic E-state index is 13.9. The largest absolute Gasteiger partial charge is 0.444 e. The van der Waals surface area contributed by atoms with E-state index in [9.17, 15) is 24.3 Å². The number of carbonyl (C=O) groups excluding carboxylic acids is 4. The molecule has 6 N–H and O–H groups in total. The minimum Gasteiger partial charge on any atom is -0.444 e. The zero-order chi connectivity index (χ0) is 57.2. The highest BCUT2D eigenvalue weighted by Gasteiger charge is 2.46.